The van der Waals surface area contributed by atoms with Crippen molar-refractivity contribution in [3.05, 3.63) is 48.0 Å². The molecule has 1 aliphatic rings. The molecular weight excluding hydrogens is 260 g/mol. The lowest BCUT2D eigenvalue weighted by Crippen LogP contribution is -2.55. The first-order valence-electron chi connectivity index (χ1n) is 7.69. The van der Waals surface area contributed by atoms with E-state index in [0.717, 1.165) is 29.3 Å². The average molecular weight is 282 g/mol. The van der Waals surface area contributed by atoms with Gasteiger partial charge in [-0.25, -0.2) is 0 Å². The van der Waals surface area contributed by atoms with E-state index in [1.54, 1.807) is 0 Å². The molecule has 3 unspecified atom stereocenters. The lowest BCUT2D eigenvalue weighted by Gasteiger charge is -2.36. The molecule has 3 heteroatoms. The highest BCUT2D eigenvalue weighted by atomic mass is 16.1. The van der Waals surface area contributed by atoms with Crippen LogP contribution in [0.1, 0.15) is 30.6 Å². The lowest BCUT2D eigenvalue weighted by molar-refractivity contribution is 0.0899. The van der Waals surface area contributed by atoms with Gasteiger partial charge in [0, 0.05) is 17.6 Å². The van der Waals surface area contributed by atoms with Crippen LogP contribution in [0.2, 0.25) is 0 Å². The summed E-state index contributed by atoms with van der Waals surface area (Å²) in [4.78, 5) is 12.7. The number of carbonyl (C=O) groups excluding carboxylic acids is 1. The number of piperidine rings is 1. The van der Waals surface area contributed by atoms with Crippen molar-refractivity contribution in [2.75, 3.05) is 6.54 Å². The van der Waals surface area contributed by atoms with E-state index in [9.17, 15) is 4.79 Å². The van der Waals surface area contributed by atoms with Gasteiger partial charge in [0.15, 0.2) is 0 Å². The lowest BCUT2D eigenvalue weighted by atomic mass is 9.89. The molecule has 0 spiro atoms. The molecule has 1 saturated heterocycles. The summed E-state index contributed by atoms with van der Waals surface area (Å²) in [7, 11) is 0. The Morgan fingerprint density at radius 2 is 1.90 bits per heavy atom. The maximum absolute atomic E-state index is 12.7. The molecule has 3 atom stereocenters. The second-order valence-electron chi connectivity index (χ2n) is 6.03. The molecule has 3 rings (SSSR count). The van der Waals surface area contributed by atoms with E-state index in [2.05, 4.69) is 24.5 Å². The standard InChI is InChI=1S/C18H22N2O/c1-12-10-11-19-13(2)17(12)20-18(21)16-9-5-7-14-6-3-4-8-15(14)16/h3-9,12-13,17,19H,10-11H2,1-2H3,(H,20,21). The minimum Gasteiger partial charge on any atom is -0.347 e. The SMILES string of the molecule is CC1CCNC(C)C1NC(=O)c1cccc2ccccc12. The van der Waals surface area contributed by atoms with Crippen LogP contribution in [0, 0.1) is 5.92 Å². The Kier molecular flexibility index (Phi) is 3.93. The molecule has 0 radical (unpaired) electrons. The first kappa shape index (κ1) is 14.1. The Morgan fingerprint density at radius 3 is 2.71 bits per heavy atom. The topological polar surface area (TPSA) is 41.1 Å². The third kappa shape index (κ3) is 2.79. The first-order valence-corrected chi connectivity index (χ1v) is 7.69. The first-order chi connectivity index (χ1) is 10.2. The summed E-state index contributed by atoms with van der Waals surface area (Å²) < 4.78 is 0. The molecular formula is C18H22N2O. The maximum Gasteiger partial charge on any atom is 0.252 e. The van der Waals surface area contributed by atoms with Gasteiger partial charge in [-0.2, -0.15) is 0 Å². The molecule has 1 amide bonds. The number of carbonyl (C=O) groups is 1. The fourth-order valence-corrected chi connectivity index (χ4v) is 3.26. The second kappa shape index (κ2) is 5.86. The van der Waals surface area contributed by atoms with Crippen LogP contribution >= 0.6 is 0 Å². The van der Waals surface area contributed by atoms with Crippen molar-refractivity contribution in [2.24, 2.45) is 5.92 Å². The van der Waals surface area contributed by atoms with Crippen LogP contribution in [-0.2, 0) is 0 Å². The fourth-order valence-electron chi connectivity index (χ4n) is 3.26. The number of hydrogen-bond donors (Lipinski definition) is 2. The highest BCUT2D eigenvalue weighted by molar-refractivity contribution is 6.07. The number of hydrogen-bond acceptors (Lipinski definition) is 2. The van der Waals surface area contributed by atoms with Crippen molar-refractivity contribution >= 4 is 16.7 Å². The molecule has 0 bridgehead atoms. The minimum atomic E-state index is 0.0270. The highest BCUT2D eigenvalue weighted by Gasteiger charge is 2.29. The van der Waals surface area contributed by atoms with Crippen molar-refractivity contribution in [1.82, 2.24) is 10.6 Å². The third-order valence-electron chi connectivity index (χ3n) is 4.55. The summed E-state index contributed by atoms with van der Waals surface area (Å²) in [5.41, 5.74) is 0.762. The monoisotopic (exact) mass is 282 g/mol. The van der Waals surface area contributed by atoms with Crippen LogP contribution < -0.4 is 10.6 Å². The fraction of sp³-hybridized carbons (Fsp3) is 0.389. The summed E-state index contributed by atoms with van der Waals surface area (Å²) >= 11 is 0. The Labute approximate surface area is 125 Å². The van der Waals surface area contributed by atoms with Crippen LogP contribution in [0.25, 0.3) is 10.8 Å². The molecule has 1 aliphatic heterocycles. The molecule has 2 aromatic carbocycles. The molecule has 110 valence electrons. The zero-order chi connectivity index (χ0) is 14.8. The second-order valence-corrected chi connectivity index (χ2v) is 6.03. The van der Waals surface area contributed by atoms with E-state index < -0.39 is 0 Å². The van der Waals surface area contributed by atoms with Crippen LogP contribution in [0.4, 0.5) is 0 Å². The van der Waals surface area contributed by atoms with Gasteiger partial charge >= 0.3 is 0 Å². The van der Waals surface area contributed by atoms with Crippen molar-refractivity contribution in [1.29, 1.82) is 0 Å². The van der Waals surface area contributed by atoms with Crippen molar-refractivity contribution in [2.45, 2.75) is 32.4 Å². The summed E-state index contributed by atoms with van der Waals surface area (Å²) in [6.07, 6.45) is 1.10. The summed E-state index contributed by atoms with van der Waals surface area (Å²) in [6.45, 7) is 5.39. The van der Waals surface area contributed by atoms with Gasteiger partial charge < -0.3 is 10.6 Å². The quantitative estimate of drug-likeness (QED) is 0.889. The molecule has 1 heterocycles. The summed E-state index contributed by atoms with van der Waals surface area (Å²) in [5, 5.41) is 8.79. The van der Waals surface area contributed by atoms with Crippen LogP contribution in [0.15, 0.2) is 42.5 Å². The zero-order valence-electron chi connectivity index (χ0n) is 12.6. The number of nitrogens with one attached hydrogen (secondary N) is 2. The van der Waals surface area contributed by atoms with Crippen molar-refractivity contribution in [3.8, 4) is 0 Å². The van der Waals surface area contributed by atoms with Gasteiger partial charge in [-0.15, -0.1) is 0 Å². The molecule has 2 N–H and O–H groups in total. The van der Waals surface area contributed by atoms with Crippen LogP contribution in [0.3, 0.4) is 0 Å². The number of amides is 1. The van der Waals surface area contributed by atoms with E-state index in [-0.39, 0.29) is 11.9 Å². The van der Waals surface area contributed by atoms with Gasteiger partial charge in [-0.05, 0) is 42.6 Å². The molecule has 21 heavy (non-hydrogen) atoms. The maximum atomic E-state index is 12.7. The predicted molar refractivity (Wildman–Crippen MR) is 86.4 cm³/mol. The Morgan fingerprint density at radius 1 is 1.14 bits per heavy atom. The molecule has 0 aromatic heterocycles. The Balaban J connectivity index is 1.87. The zero-order valence-corrected chi connectivity index (χ0v) is 12.6. The van der Waals surface area contributed by atoms with E-state index in [4.69, 9.17) is 0 Å². The van der Waals surface area contributed by atoms with E-state index >= 15 is 0 Å². The van der Waals surface area contributed by atoms with Gasteiger partial charge in [-0.1, -0.05) is 43.3 Å². The molecule has 0 saturated carbocycles. The number of fused-ring (bicyclic) bond motifs is 1. The van der Waals surface area contributed by atoms with E-state index in [1.807, 2.05) is 42.5 Å². The van der Waals surface area contributed by atoms with Gasteiger partial charge in [0.25, 0.3) is 5.91 Å². The minimum absolute atomic E-state index is 0.0270. The van der Waals surface area contributed by atoms with Crippen molar-refractivity contribution < 1.29 is 4.79 Å². The van der Waals surface area contributed by atoms with E-state index in [1.165, 1.54) is 0 Å². The molecule has 3 nitrogen and oxygen atoms in total. The highest BCUT2D eigenvalue weighted by Crippen LogP contribution is 2.21. The summed E-state index contributed by atoms with van der Waals surface area (Å²) in [6, 6.07) is 14.4. The number of benzene rings is 2. The third-order valence-corrected chi connectivity index (χ3v) is 4.55. The van der Waals surface area contributed by atoms with Gasteiger partial charge in [0.1, 0.15) is 0 Å². The van der Waals surface area contributed by atoms with Gasteiger partial charge in [0.05, 0.1) is 0 Å². The molecule has 1 fully saturated rings. The molecule has 0 aliphatic carbocycles. The van der Waals surface area contributed by atoms with Crippen LogP contribution in [-0.4, -0.2) is 24.5 Å². The smallest absolute Gasteiger partial charge is 0.252 e. The van der Waals surface area contributed by atoms with Crippen LogP contribution in [0.5, 0.6) is 0 Å². The number of rotatable bonds is 2. The largest absolute Gasteiger partial charge is 0.347 e. The van der Waals surface area contributed by atoms with E-state index in [0.29, 0.717) is 12.0 Å². The Bertz CT molecular complexity index is 637. The molecule has 2 aromatic rings. The van der Waals surface area contributed by atoms with Crippen molar-refractivity contribution in [3.63, 3.8) is 0 Å². The summed E-state index contributed by atoms with van der Waals surface area (Å²) in [5.74, 6) is 0.527. The predicted octanol–water partition coefficient (Wildman–Crippen LogP) is 2.96. The normalized spacial score (nSPS) is 25.7. The average Bonchev–Trinajstić information content (AvgIpc) is 2.50. The Hall–Kier alpha value is -1.87. The van der Waals surface area contributed by atoms with Gasteiger partial charge in [-0.3, -0.25) is 4.79 Å². The van der Waals surface area contributed by atoms with Gasteiger partial charge in [0.2, 0.25) is 0 Å².